The number of halogens is 2. The van der Waals surface area contributed by atoms with E-state index in [2.05, 4.69) is 5.32 Å². The summed E-state index contributed by atoms with van der Waals surface area (Å²) in [6.07, 6.45) is 0.334. The molecule has 0 aliphatic rings. The van der Waals surface area contributed by atoms with Gasteiger partial charge in [0, 0.05) is 16.9 Å². The van der Waals surface area contributed by atoms with Gasteiger partial charge in [0.15, 0.2) is 0 Å². The van der Waals surface area contributed by atoms with Gasteiger partial charge in [0.25, 0.3) is 0 Å². The molecule has 1 atom stereocenters. The summed E-state index contributed by atoms with van der Waals surface area (Å²) in [5.41, 5.74) is 0.909. The Labute approximate surface area is 112 Å². The van der Waals surface area contributed by atoms with Crippen LogP contribution in [0, 0.1) is 5.92 Å². The van der Waals surface area contributed by atoms with Gasteiger partial charge in [-0.1, -0.05) is 37.6 Å². The van der Waals surface area contributed by atoms with Gasteiger partial charge in [-0.25, -0.2) is 0 Å². The van der Waals surface area contributed by atoms with E-state index in [-0.39, 0.29) is 11.9 Å². The SMILES string of the molecule is CC(C)C(CCl)NC(=O)Cc1cccc(Cl)c1. The van der Waals surface area contributed by atoms with E-state index in [1.807, 2.05) is 26.0 Å². The number of carbonyl (C=O) groups excluding carboxylic acids is 1. The van der Waals surface area contributed by atoms with E-state index < -0.39 is 0 Å². The Bertz CT molecular complexity index is 379. The minimum Gasteiger partial charge on any atom is -0.352 e. The van der Waals surface area contributed by atoms with Crippen molar-refractivity contribution < 1.29 is 4.79 Å². The van der Waals surface area contributed by atoms with E-state index in [0.717, 1.165) is 5.56 Å². The van der Waals surface area contributed by atoms with Crippen molar-refractivity contribution in [2.75, 3.05) is 5.88 Å². The zero-order valence-corrected chi connectivity index (χ0v) is 11.6. The van der Waals surface area contributed by atoms with E-state index in [9.17, 15) is 4.79 Å². The van der Waals surface area contributed by atoms with Crippen molar-refractivity contribution in [2.24, 2.45) is 5.92 Å². The molecule has 0 saturated heterocycles. The molecular formula is C13H17Cl2NO. The molecule has 0 saturated carbocycles. The molecule has 1 unspecified atom stereocenters. The van der Waals surface area contributed by atoms with Crippen molar-refractivity contribution in [1.82, 2.24) is 5.32 Å². The first-order chi connectivity index (χ1) is 8.02. The Balaban J connectivity index is 2.55. The molecule has 17 heavy (non-hydrogen) atoms. The molecule has 1 aromatic carbocycles. The van der Waals surface area contributed by atoms with Crippen LogP contribution in [0.25, 0.3) is 0 Å². The second-order valence-corrected chi connectivity index (χ2v) is 5.12. The van der Waals surface area contributed by atoms with Crippen LogP contribution >= 0.6 is 23.2 Å². The average Bonchev–Trinajstić information content (AvgIpc) is 2.25. The third-order valence-electron chi connectivity index (χ3n) is 2.57. The molecule has 94 valence electrons. The van der Waals surface area contributed by atoms with Crippen molar-refractivity contribution >= 4 is 29.1 Å². The van der Waals surface area contributed by atoms with Crippen molar-refractivity contribution in [3.05, 3.63) is 34.9 Å². The summed E-state index contributed by atoms with van der Waals surface area (Å²) in [4.78, 5) is 11.8. The lowest BCUT2D eigenvalue weighted by atomic mass is 10.1. The highest BCUT2D eigenvalue weighted by atomic mass is 35.5. The number of rotatable bonds is 5. The fraction of sp³-hybridized carbons (Fsp3) is 0.462. The Kier molecular flexibility index (Phi) is 5.79. The van der Waals surface area contributed by atoms with Crippen LogP contribution in [0.3, 0.4) is 0 Å². The third-order valence-corrected chi connectivity index (χ3v) is 3.14. The average molecular weight is 274 g/mol. The maximum absolute atomic E-state index is 11.8. The Morgan fingerprint density at radius 3 is 2.65 bits per heavy atom. The topological polar surface area (TPSA) is 29.1 Å². The Morgan fingerprint density at radius 1 is 1.41 bits per heavy atom. The van der Waals surface area contributed by atoms with Crippen molar-refractivity contribution in [3.8, 4) is 0 Å². The molecule has 0 radical (unpaired) electrons. The largest absolute Gasteiger partial charge is 0.352 e. The molecule has 1 N–H and O–H groups in total. The zero-order chi connectivity index (χ0) is 12.8. The summed E-state index contributed by atoms with van der Waals surface area (Å²) in [6, 6.07) is 7.33. The lowest BCUT2D eigenvalue weighted by molar-refractivity contribution is -0.121. The molecule has 0 spiro atoms. The summed E-state index contributed by atoms with van der Waals surface area (Å²) >= 11 is 11.7. The number of benzene rings is 1. The summed E-state index contributed by atoms with van der Waals surface area (Å²) in [7, 11) is 0. The van der Waals surface area contributed by atoms with Crippen molar-refractivity contribution in [3.63, 3.8) is 0 Å². The van der Waals surface area contributed by atoms with E-state index in [1.54, 1.807) is 12.1 Å². The predicted octanol–water partition coefficient (Wildman–Crippen LogP) is 3.26. The monoisotopic (exact) mass is 273 g/mol. The standard InChI is InChI=1S/C13H17Cl2NO/c1-9(2)12(8-14)16-13(17)7-10-4-3-5-11(15)6-10/h3-6,9,12H,7-8H2,1-2H3,(H,16,17). The maximum atomic E-state index is 11.8. The van der Waals surface area contributed by atoms with Crippen LogP contribution in [0.2, 0.25) is 5.02 Å². The number of amides is 1. The molecule has 0 bridgehead atoms. The van der Waals surface area contributed by atoms with Gasteiger partial charge in [-0.2, -0.15) is 0 Å². The van der Waals surface area contributed by atoms with Crippen LogP contribution in [0.15, 0.2) is 24.3 Å². The molecule has 1 amide bonds. The minimum absolute atomic E-state index is 0.0170. The minimum atomic E-state index is -0.0217. The summed E-state index contributed by atoms with van der Waals surface area (Å²) in [6.45, 7) is 4.07. The predicted molar refractivity (Wildman–Crippen MR) is 72.6 cm³/mol. The third kappa shape index (κ3) is 4.97. The summed E-state index contributed by atoms with van der Waals surface area (Å²) < 4.78 is 0. The van der Waals surface area contributed by atoms with Gasteiger partial charge in [0.2, 0.25) is 5.91 Å². The molecule has 4 heteroatoms. The Hall–Kier alpha value is -0.730. The van der Waals surface area contributed by atoms with Crippen LogP contribution in [0.1, 0.15) is 19.4 Å². The fourth-order valence-corrected chi connectivity index (χ4v) is 2.12. The van der Waals surface area contributed by atoms with E-state index in [0.29, 0.717) is 23.2 Å². The summed E-state index contributed by atoms with van der Waals surface area (Å²) in [5.74, 6) is 0.737. The molecule has 0 heterocycles. The van der Waals surface area contributed by atoms with Crippen LogP contribution in [-0.2, 0) is 11.2 Å². The number of nitrogens with one attached hydrogen (secondary N) is 1. The van der Waals surface area contributed by atoms with Gasteiger partial charge < -0.3 is 5.32 Å². The van der Waals surface area contributed by atoms with Gasteiger partial charge in [0.05, 0.1) is 6.42 Å². The molecule has 0 aliphatic carbocycles. The molecular weight excluding hydrogens is 257 g/mol. The van der Waals surface area contributed by atoms with Gasteiger partial charge in [0.1, 0.15) is 0 Å². The quantitative estimate of drug-likeness (QED) is 0.820. The molecule has 1 rings (SSSR count). The van der Waals surface area contributed by atoms with E-state index in [1.165, 1.54) is 0 Å². The molecule has 0 aromatic heterocycles. The van der Waals surface area contributed by atoms with E-state index >= 15 is 0 Å². The van der Waals surface area contributed by atoms with Crippen molar-refractivity contribution in [1.29, 1.82) is 0 Å². The second kappa shape index (κ2) is 6.87. The van der Waals surface area contributed by atoms with Gasteiger partial charge >= 0.3 is 0 Å². The number of hydrogen-bond donors (Lipinski definition) is 1. The highest BCUT2D eigenvalue weighted by Gasteiger charge is 2.15. The van der Waals surface area contributed by atoms with Crippen LogP contribution in [0.5, 0.6) is 0 Å². The first-order valence-corrected chi connectivity index (χ1v) is 6.54. The number of carbonyl (C=O) groups is 1. The lowest BCUT2D eigenvalue weighted by Gasteiger charge is -2.19. The first kappa shape index (κ1) is 14.3. The van der Waals surface area contributed by atoms with E-state index in [4.69, 9.17) is 23.2 Å². The fourth-order valence-electron chi connectivity index (χ4n) is 1.47. The highest BCUT2D eigenvalue weighted by Crippen LogP contribution is 2.11. The van der Waals surface area contributed by atoms with Gasteiger partial charge in [-0.15, -0.1) is 11.6 Å². The normalized spacial score (nSPS) is 12.5. The first-order valence-electron chi connectivity index (χ1n) is 5.62. The second-order valence-electron chi connectivity index (χ2n) is 4.38. The Morgan fingerprint density at radius 2 is 2.12 bits per heavy atom. The molecule has 0 aliphatic heterocycles. The highest BCUT2D eigenvalue weighted by molar-refractivity contribution is 6.30. The van der Waals surface area contributed by atoms with Gasteiger partial charge in [-0.3, -0.25) is 4.79 Å². The lowest BCUT2D eigenvalue weighted by Crippen LogP contribution is -2.40. The van der Waals surface area contributed by atoms with Crippen molar-refractivity contribution in [2.45, 2.75) is 26.3 Å². The van der Waals surface area contributed by atoms with Crippen LogP contribution in [0.4, 0.5) is 0 Å². The maximum Gasteiger partial charge on any atom is 0.224 e. The smallest absolute Gasteiger partial charge is 0.224 e. The number of hydrogen-bond acceptors (Lipinski definition) is 1. The summed E-state index contributed by atoms with van der Waals surface area (Å²) in [5, 5.41) is 3.57. The molecule has 2 nitrogen and oxygen atoms in total. The molecule has 0 fully saturated rings. The van der Waals surface area contributed by atoms with Gasteiger partial charge in [-0.05, 0) is 23.6 Å². The molecule has 1 aromatic rings. The van der Waals surface area contributed by atoms with Crippen LogP contribution < -0.4 is 5.32 Å². The number of alkyl halides is 1. The zero-order valence-electron chi connectivity index (χ0n) is 10.0. The van der Waals surface area contributed by atoms with Crippen LogP contribution in [-0.4, -0.2) is 17.8 Å².